The Morgan fingerprint density at radius 1 is 1.65 bits per heavy atom. The SMILES string of the molecule is Cc1csc(C(C)NC(=O)C2CCCCN2)n1. The van der Waals surface area contributed by atoms with Crippen LogP contribution in [0.4, 0.5) is 0 Å². The van der Waals surface area contributed by atoms with Crippen LogP contribution < -0.4 is 10.6 Å². The highest BCUT2D eigenvalue weighted by Gasteiger charge is 2.22. The number of hydrogen-bond donors (Lipinski definition) is 2. The van der Waals surface area contributed by atoms with Gasteiger partial charge in [0.1, 0.15) is 5.01 Å². The largest absolute Gasteiger partial charge is 0.346 e. The van der Waals surface area contributed by atoms with Gasteiger partial charge in [0, 0.05) is 11.1 Å². The molecule has 2 unspecified atom stereocenters. The molecule has 1 aliphatic rings. The Bertz CT molecular complexity index is 385. The second-order valence-corrected chi connectivity index (χ2v) is 5.45. The van der Waals surface area contributed by atoms with Gasteiger partial charge in [-0.2, -0.15) is 0 Å². The molecule has 0 bridgehead atoms. The van der Waals surface area contributed by atoms with Gasteiger partial charge in [0.25, 0.3) is 0 Å². The number of amides is 1. The Hall–Kier alpha value is -0.940. The summed E-state index contributed by atoms with van der Waals surface area (Å²) in [5.74, 6) is 0.102. The summed E-state index contributed by atoms with van der Waals surface area (Å²) in [6.07, 6.45) is 3.25. The smallest absolute Gasteiger partial charge is 0.237 e. The molecule has 0 radical (unpaired) electrons. The molecule has 2 heterocycles. The van der Waals surface area contributed by atoms with Crippen molar-refractivity contribution in [1.29, 1.82) is 0 Å². The van der Waals surface area contributed by atoms with Crippen LogP contribution in [0.5, 0.6) is 0 Å². The third-order valence-electron chi connectivity index (χ3n) is 2.99. The molecule has 5 heteroatoms. The standard InChI is InChI=1S/C12H19N3OS/c1-8-7-17-12(14-8)9(2)15-11(16)10-5-3-4-6-13-10/h7,9-10,13H,3-6H2,1-2H3,(H,15,16). The second-order valence-electron chi connectivity index (χ2n) is 4.56. The van der Waals surface area contributed by atoms with Gasteiger partial charge in [-0.15, -0.1) is 11.3 Å². The zero-order chi connectivity index (χ0) is 12.3. The van der Waals surface area contributed by atoms with E-state index >= 15 is 0 Å². The van der Waals surface area contributed by atoms with Crippen LogP contribution in [-0.2, 0) is 4.79 Å². The molecule has 1 aliphatic heterocycles. The molecule has 1 fully saturated rings. The van der Waals surface area contributed by atoms with Gasteiger partial charge in [-0.1, -0.05) is 6.42 Å². The Morgan fingerprint density at radius 3 is 3.06 bits per heavy atom. The number of thiazole rings is 1. The van der Waals surface area contributed by atoms with Crippen LogP contribution in [0.1, 0.15) is 42.9 Å². The van der Waals surface area contributed by atoms with Crippen molar-refractivity contribution in [1.82, 2.24) is 15.6 Å². The molecule has 2 rings (SSSR count). The van der Waals surface area contributed by atoms with Crippen molar-refractivity contribution in [2.24, 2.45) is 0 Å². The number of piperidine rings is 1. The molecule has 2 N–H and O–H groups in total. The fourth-order valence-electron chi connectivity index (χ4n) is 2.02. The number of rotatable bonds is 3. The summed E-state index contributed by atoms with van der Waals surface area (Å²) in [7, 11) is 0. The van der Waals surface area contributed by atoms with E-state index in [1.165, 1.54) is 6.42 Å². The zero-order valence-corrected chi connectivity index (χ0v) is 11.1. The predicted molar refractivity (Wildman–Crippen MR) is 69.1 cm³/mol. The monoisotopic (exact) mass is 253 g/mol. The minimum Gasteiger partial charge on any atom is -0.346 e. The number of carbonyl (C=O) groups is 1. The highest BCUT2D eigenvalue weighted by Crippen LogP contribution is 2.18. The average Bonchev–Trinajstić information content (AvgIpc) is 2.77. The van der Waals surface area contributed by atoms with E-state index in [0.29, 0.717) is 0 Å². The lowest BCUT2D eigenvalue weighted by Crippen LogP contribution is -2.47. The van der Waals surface area contributed by atoms with Gasteiger partial charge in [0.2, 0.25) is 5.91 Å². The van der Waals surface area contributed by atoms with E-state index in [0.717, 1.165) is 30.1 Å². The summed E-state index contributed by atoms with van der Waals surface area (Å²) < 4.78 is 0. The summed E-state index contributed by atoms with van der Waals surface area (Å²) in [6, 6.07) is -0.0165. The molecule has 2 atom stereocenters. The van der Waals surface area contributed by atoms with Gasteiger partial charge in [-0.05, 0) is 33.2 Å². The van der Waals surface area contributed by atoms with Crippen LogP contribution in [0.25, 0.3) is 0 Å². The number of carbonyl (C=O) groups excluding carboxylic acids is 1. The first-order valence-electron chi connectivity index (χ1n) is 6.12. The predicted octanol–water partition coefficient (Wildman–Crippen LogP) is 1.77. The summed E-state index contributed by atoms with van der Waals surface area (Å²) in [4.78, 5) is 16.4. The van der Waals surface area contributed by atoms with Gasteiger partial charge >= 0.3 is 0 Å². The van der Waals surface area contributed by atoms with E-state index < -0.39 is 0 Å². The average molecular weight is 253 g/mol. The molecule has 4 nitrogen and oxygen atoms in total. The van der Waals surface area contributed by atoms with Crippen molar-refractivity contribution in [3.63, 3.8) is 0 Å². The molecule has 0 saturated carbocycles. The van der Waals surface area contributed by atoms with Crippen molar-refractivity contribution in [2.75, 3.05) is 6.54 Å². The molecular weight excluding hydrogens is 234 g/mol. The van der Waals surface area contributed by atoms with Crippen LogP contribution in [-0.4, -0.2) is 23.5 Å². The van der Waals surface area contributed by atoms with Crippen molar-refractivity contribution in [2.45, 2.75) is 45.2 Å². The summed E-state index contributed by atoms with van der Waals surface area (Å²) in [5.41, 5.74) is 1.02. The fraction of sp³-hybridized carbons (Fsp3) is 0.667. The van der Waals surface area contributed by atoms with Crippen LogP contribution >= 0.6 is 11.3 Å². The van der Waals surface area contributed by atoms with E-state index in [2.05, 4.69) is 15.6 Å². The van der Waals surface area contributed by atoms with Crippen molar-refractivity contribution < 1.29 is 4.79 Å². The number of hydrogen-bond acceptors (Lipinski definition) is 4. The van der Waals surface area contributed by atoms with Crippen molar-refractivity contribution in [3.8, 4) is 0 Å². The lowest BCUT2D eigenvalue weighted by molar-refractivity contribution is -0.124. The third-order valence-corrected chi connectivity index (χ3v) is 4.14. The molecular formula is C12H19N3OS. The van der Waals surface area contributed by atoms with E-state index in [1.807, 2.05) is 19.2 Å². The molecule has 94 valence electrons. The van der Waals surface area contributed by atoms with E-state index in [9.17, 15) is 4.79 Å². The van der Waals surface area contributed by atoms with Crippen molar-refractivity contribution >= 4 is 17.2 Å². The normalized spacial score (nSPS) is 22.1. The molecule has 1 amide bonds. The molecule has 0 aromatic carbocycles. The van der Waals surface area contributed by atoms with Crippen LogP contribution in [0.3, 0.4) is 0 Å². The number of nitrogens with one attached hydrogen (secondary N) is 2. The maximum atomic E-state index is 12.0. The third kappa shape index (κ3) is 3.26. The number of nitrogens with zero attached hydrogens (tertiary/aromatic N) is 1. The first-order valence-corrected chi connectivity index (χ1v) is 7.00. The number of aromatic nitrogens is 1. The minimum atomic E-state index is -0.0211. The number of aryl methyl sites for hydroxylation is 1. The summed E-state index contributed by atoms with van der Waals surface area (Å²) in [5, 5.41) is 9.27. The van der Waals surface area contributed by atoms with Gasteiger partial charge in [0.15, 0.2) is 0 Å². The van der Waals surface area contributed by atoms with Crippen LogP contribution in [0.2, 0.25) is 0 Å². The lowest BCUT2D eigenvalue weighted by Gasteiger charge is -2.24. The summed E-state index contributed by atoms with van der Waals surface area (Å²) >= 11 is 1.60. The molecule has 17 heavy (non-hydrogen) atoms. The first kappa shape index (κ1) is 12.5. The first-order chi connectivity index (χ1) is 8.16. The van der Waals surface area contributed by atoms with Gasteiger partial charge < -0.3 is 10.6 Å². The molecule has 1 saturated heterocycles. The topological polar surface area (TPSA) is 54.0 Å². The molecule has 1 aromatic rings. The Morgan fingerprint density at radius 2 is 2.47 bits per heavy atom. The van der Waals surface area contributed by atoms with Crippen molar-refractivity contribution in [3.05, 3.63) is 16.1 Å². The Labute approximate surface area is 106 Å². The molecule has 1 aromatic heterocycles. The van der Waals surface area contributed by atoms with Gasteiger partial charge in [-0.25, -0.2) is 4.98 Å². The van der Waals surface area contributed by atoms with Crippen LogP contribution in [0, 0.1) is 6.92 Å². The zero-order valence-electron chi connectivity index (χ0n) is 10.3. The minimum absolute atomic E-state index is 0.00456. The van der Waals surface area contributed by atoms with Gasteiger partial charge in [0.05, 0.1) is 12.1 Å². The molecule has 0 spiro atoms. The quantitative estimate of drug-likeness (QED) is 0.863. The highest BCUT2D eigenvalue weighted by molar-refractivity contribution is 7.09. The maximum Gasteiger partial charge on any atom is 0.237 e. The van der Waals surface area contributed by atoms with E-state index in [4.69, 9.17) is 0 Å². The summed E-state index contributed by atoms with van der Waals surface area (Å²) in [6.45, 7) is 4.90. The molecule has 0 aliphatic carbocycles. The van der Waals surface area contributed by atoms with Gasteiger partial charge in [-0.3, -0.25) is 4.79 Å². The van der Waals surface area contributed by atoms with E-state index in [1.54, 1.807) is 11.3 Å². The lowest BCUT2D eigenvalue weighted by atomic mass is 10.0. The van der Waals surface area contributed by atoms with E-state index in [-0.39, 0.29) is 18.0 Å². The highest BCUT2D eigenvalue weighted by atomic mass is 32.1. The Balaban J connectivity index is 1.89. The Kier molecular flexibility index (Phi) is 4.12. The van der Waals surface area contributed by atoms with Crippen LogP contribution in [0.15, 0.2) is 5.38 Å². The maximum absolute atomic E-state index is 12.0. The fourth-order valence-corrected chi connectivity index (χ4v) is 2.83. The second kappa shape index (κ2) is 5.60.